The highest BCUT2D eigenvalue weighted by Crippen LogP contribution is 2.37. The maximum Gasteiger partial charge on any atom is 0.164 e. The van der Waals surface area contributed by atoms with Gasteiger partial charge in [0.2, 0.25) is 0 Å². The first-order chi connectivity index (χ1) is 9.07. The topological polar surface area (TPSA) is 60.0 Å². The number of hydrogen-bond donors (Lipinski definition) is 2. The lowest BCUT2D eigenvalue weighted by atomic mass is 10.0. The highest BCUT2D eigenvalue weighted by atomic mass is 16.5. The smallest absolute Gasteiger partial charge is 0.164 e. The van der Waals surface area contributed by atoms with Gasteiger partial charge in [0.1, 0.15) is 5.75 Å². The lowest BCUT2D eigenvalue weighted by Gasteiger charge is -2.23. The van der Waals surface area contributed by atoms with Crippen molar-refractivity contribution < 1.29 is 19.3 Å². The van der Waals surface area contributed by atoms with Gasteiger partial charge in [-0.2, -0.15) is 0 Å². The fraction of sp³-hybridized carbons (Fsp3) is 0.571. The van der Waals surface area contributed by atoms with Crippen LogP contribution in [-0.2, 0) is 0 Å². The van der Waals surface area contributed by atoms with Gasteiger partial charge in [-0.05, 0) is 6.07 Å². The van der Waals surface area contributed by atoms with Gasteiger partial charge in [0.15, 0.2) is 11.5 Å². The minimum Gasteiger partial charge on any atom is -0.496 e. The number of benzene rings is 1. The highest BCUT2D eigenvalue weighted by Gasteiger charge is 2.19. The van der Waals surface area contributed by atoms with Crippen LogP contribution in [0, 0.1) is 0 Å². The van der Waals surface area contributed by atoms with Crippen LogP contribution in [0.1, 0.15) is 25.5 Å². The number of nitrogens with one attached hydrogen (secondary N) is 1. The quantitative estimate of drug-likeness (QED) is 0.789. The van der Waals surface area contributed by atoms with Crippen LogP contribution in [-0.4, -0.2) is 39.1 Å². The molecule has 0 amide bonds. The molecule has 0 heterocycles. The highest BCUT2D eigenvalue weighted by molar-refractivity contribution is 5.51. The number of methoxy groups -OCH3 is 3. The number of aliphatic hydroxyl groups is 1. The average molecular weight is 269 g/mol. The molecule has 0 aromatic heterocycles. The van der Waals surface area contributed by atoms with Crippen molar-refractivity contribution in [3.8, 4) is 17.2 Å². The van der Waals surface area contributed by atoms with Crippen LogP contribution in [0.15, 0.2) is 12.1 Å². The molecule has 0 radical (unpaired) electrons. The van der Waals surface area contributed by atoms with E-state index in [9.17, 15) is 5.11 Å². The van der Waals surface area contributed by atoms with Gasteiger partial charge in [0, 0.05) is 17.7 Å². The zero-order chi connectivity index (χ0) is 14.4. The molecule has 0 saturated heterocycles. The van der Waals surface area contributed by atoms with Crippen LogP contribution in [0.25, 0.3) is 0 Å². The molecule has 0 saturated carbocycles. The summed E-state index contributed by atoms with van der Waals surface area (Å²) < 4.78 is 15.9. The summed E-state index contributed by atoms with van der Waals surface area (Å²) >= 11 is 0. The Kier molecular flexibility index (Phi) is 5.92. The summed E-state index contributed by atoms with van der Waals surface area (Å²) in [5, 5.41) is 12.8. The molecule has 0 aliphatic heterocycles. The van der Waals surface area contributed by atoms with Crippen molar-refractivity contribution in [3.63, 3.8) is 0 Å². The van der Waals surface area contributed by atoms with Gasteiger partial charge in [-0.15, -0.1) is 0 Å². The first kappa shape index (κ1) is 15.6. The molecule has 1 aromatic rings. The van der Waals surface area contributed by atoms with E-state index in [1.54, 1.807) is 27.4 Å². The van der Waals surface area contributed by atoms with E-state index in [4.69, 9.17) is 14.2 Å². The predicted octanol–water partition coefficient (Wildman–Crippen LogP) is 1.74. The fourth-order valence-electron chi connectivity index (χ4n) is 1.97. The number of rotatable bonds is 7. The summed E-state index contributed by atoms with van der Waals surface area (Å²) in [5.74, 6) is 1.87. The third kappa shape index (κ3) is 3.75. The zero-order valence-electron chi connectivity index (χ0n) is 12.2. The minimum atomic E-state index is -0.213. The van der Waals surface area contributed by atoms with Crippen molar-refractivity contribution in [1.82, 2.24) is 5.32 Å². The molecular weight excluding hydrogens is 246 g/mol. The van der Waals surface area contributed by atoms with Gasteiger partial charge in [-0.25, -0.2) is 0 Å². The maximum absolute atomic E-state index is 9.55. The molecule has 5 heteroatoms. The predicted molar refractivity (Wildman–Crippen MR) is 74.2 cm³/mol. The summed E-state index contributed by atoms with van der Waals surface area (Å²) in [6, 6.07) is 3.62. The number of aliphatic hydroxyl groups excluding tert-OH is 1. The Morgan fingerprint density at radius 1 is 1.00 bits per heavy atom. The van der Waals surface area contributed by atoms with Crippen molar-refractivity contribution in [1.29, 1.82) is 0 Å². The molecule has 5 nitrogen and oxygen atoms in total. The van der Waals surface area contributed by atoms with Gasteiger partial charge in [0.25, 0.3) is 0 Å². The summed E-state index contributed by atoms with van der Waals surface area (Å²) in [4.78, 5) is 0. The van der Waals surface area contributed by atoms with Gasteiger partial charge >= 0.3 is 0 Å². The summed E-state index contributed by atoms with van der Waals surface area (Å²) in [6.07, 6.45) is 0. The summed E-state index contributed by atoms with van der Waals surface area (Å²) in [7, 11) is 4.75. The van der Waals surface area contributed by atoms with E-state index in [0.717, 1.165) is 5.56 Å². The third-order valence-corrected chi connectivity index (χ3v) is 2.83. The van der Waals surface area contributed by atoms with Crippen molar-refractivity contribution in [2.24, 2.45) is 0 Å². The van der Waals surface area contributed by atoms with Crippen molar-refractivity contribution >= 4 is 0 Å². The fourth-order valence-corrected chi connectivity index (χ4v) is 1.97. The Morgan fingerprint density at radius 3 is 1.95 bits per heavy atom. The Labute approximate surface area is 114 Å². The molecular formula is C14H23NO4. The Bertz CT molecular complexity index is 407. The summed E-state index contributed by atoms with van der Waals surface area (Å²) in [6.45, 7) is 4.02. The molecule has 1 aromatic carbocycles. The van der Waals surface area contributed by atoms with E-state index < -0.39 is 0 Å². The van der Waals surface area contributed by atoms with Gasteiger partial charge in [-0.1, -0.05) is 13.8 Å². The van der Waals surface area contributed by atoms with Crippen LogP contribution in [0.3, 0.4) is 0 Å². The average Bonchev–Trinajstić information content (AvgIpc) is 2.42. The van der Waals surface area contributed by atoms with E-state index in [-0.39, 0.29) is 18.7 Å². The van der Waals surface area contributed by atoms with Crippen LogP contribution in [0.2, 0.25) is 0 Å². The van der Waals surface area contributed by atoms with Crippen LogP contribution in [0.5, 0.6) is 17.2 Å². The molecule has 1 unspecified atom stereocenters. The monoisotopic (exact) mass is 269 g/mol. The second-order valence-corrected chi connectivity index (χ2v) is 4.51. The molecule has 0 aliphatic rings. The molecule has 1 rings (SSSR count). The Hall–Kier alpha value is -1.46. The van der Waals surface area contributed by atoms with E-state index in [2.05, 4.69) is 5.32 Å². The largest absolute Gasteiger partial charge is 0.496 e. The third-order valence-electron chi connectivity index (χ3n) is 2.83. The Balaban J connectivity index is 3.23. The standard InChI is InChI=1S/C14H23NO4/c1-9(2)15-11(8-16)10-6-13(18-4)14(19-5)7-12(10)17-3/h6-7,9,11,15-16H,8H2,1-5H3. The van der Waals surface area contributed by atoms with E-state index in [1.807, 2.05) is 19.9 Å². The number of hydrogen-bond acceptors (Lipinski definition) is 5. The minimum absolute atomic E-state index is 0.0238. The second kappa shape index (κ2) is 7.21. The normalized spacial score (nSPS) is 12.4. The molecule has 2 N–H and O–H groups in total. The molecule has 19 heavy (non-hydrogen) atoms. The molecule has 0 aliphatic carbocycles. The molecule has 108 valence electrons. The van der Waals surface area contributed by atoms with E-state index in [1.165, 1.54) is 0 Å². The second-order valence-electron chi connectivity index (χ2n) is 4.51. The van der Waals surface area contributed by atoms with Crippen molar-refractivity contribution in [2.75, 3.05) is 27.9 Å². The van der Waals surface area contributed by atoms with Gasteiger partial charge in [0.05, 0.1) is 34.0 Å². The molecule has 0 spiro atoms. The molecule has 1 atom stereocenters. The zero-order valence-corrected chi connectivity index (χ0v) is 12.2. The summed E-state index contributed by atoms with van der Waals surface area (Å²) in [5.41, 5.74) is 0.844. The lowest BCUT2D eigenvalue weighted by Crippen LogP contribution is -2.30. The van der Waals surface area contributed by atoms with Crippen LogP contribution >= 0.6 is 0 Å². The molecule has 0 fully saturated rings. The Morgan fingerprint density at radius 2 is 1.53 bits per heavy atom. The van der Waals surface area contributed by atoms with Crippen molar-refractivity contribution in [2.45, 2.75) is 25.9 Å². The van der Waals surface area contributed by atoms with Gasteiger partial charge < -0.3 is 24.6 Å². The SMILES string of the molecule is COc1cc(OC)c(C(CO)NC(C)C)cc1OC. The lowest BCUT2D eigenvalue weighted by molar-refractivity contribution is 0.233. The van der Waals surface area contributed by atoms with Gasteiger partial charge in [-0.3, -0.25) is 0 Å². The first-order valence-corrected chi connectivity index (χ1v) is 6.24. The van der Waals surface area contributed by atoms with E-state index in [0.29, 0.717) is 17.2 Å². The van der Waals surface area contributed by atoms with E-state index >= 15 is 0 Å². The molecule has 0 bridgehead atoms. The van der Waals surface area contributed by atoms with Crippen LogP contribution in [0.4, 0.5) is 0 Å². The number of ether oxygens (including phenoxy) is 3. The van der Waals surface area contributed by atoms with Crippen LogP contribution < -0.4 is 19.5 Å². The first-order valence-electron chi connectivity index (χ1n) is 6.24. The maximum atomic E-state index is 9.55. The van der Waals surface area contributed by atoms with Crippen molar-refractivity contribution in [3.05, 3.63) is 17.7 Å².